The Kier molecular flexibility index (Phi) is 8.21. The molecule has 0 bridgehead atoms. The summed E-state index contributed by atoms with van der Waals surface area (Å²) in [7, 11) is -3.43. The van der Waals surface area contributed by atoms with Gasteiger partial charge in [0.1, 0.15) is 18.7 Å². The summed E-state index contributed by atoms with van der Waals surface area (Å²) in [5.41, 5.74) is 1.61. The zero-order chi connectivity index (χ0) is 28.3. The number of hydrogen-bond donors (Lipinski definition) is 1. The van der Waals surface area contributed by atoms with E-state index in [0.29, 0.717) is 43.0 Å². The Morgan fingerprint density at radius 1 is 1.10 bits per heavy atom. The third kappa shape index (κ3) is 6.35. The molecule has 2 heterocycles. The normalized spacial score (nSPS) is 19.1. The molecule has 2 aromatic heterocycles. The maximum atomic E-state index is 15.2. The van der Waals surface area contributed by atoms with Crippen molar-refractivity contribution in [2.45, 2.75) is 49.6 Å². The van der Waals surface area contributed by atoms with Gasteiger partial charge in [0, 0.05) is 29.3 Å². The second-order valence-electron chi connectivity index (χ2n) is 10.1. The molecule has 0 aliphatic heterocycles. The van der Waals surface area contributed by atoms with Crippen LogP contribution in [0.25, 0.3) is 11.1 Å². The number of alkyl halides is 1. The maximum absolute atomic E-state index is 15.2. The minimum atomic E-state index is -3.43. The van der Waals surface area contributed by atoms with Gasteiger partial charge >= 0.3 is 0 Å². The Labute approximate surface area is 236 Å². The molecule has 0 unspecified atom stereocenters. The molecule has 2 atom stereocenters. The van der Waals surface area contributed by atoms with E-state index in [9.17, 15) is 12.8 Å². The lowest BCUT2D eigenvalue weighted by molar-refractivity contribution is 0.291. The molecule has 1 aliphatic rings. The lowest BCUT2D eigenvalue weighted by atomic mass is 9.80. The molecule has 0 spiro atoms. The van der Waals surface area contributed by atoms with Crippen molar-refractivity contribution in [3.05, 3.63) is 102 Å². The molecule has 0 amide bonds. The highest BCUT2D eigenvalue weighted by Crippen LogP contribution is 2.44. The predicted octanol–water partition coefficient (Wildman–Crippen LogP) is 5.91. The van der Waals surface area contributed by atoms with Crippen LogP contribution in [0.4, 0.5) is 8.78 Å². The van der Waals surface area contributed by atoms with Crippen molar-refractivity contribution < 1.29 is 26.4 Å². The van der Waals surface area contributed by atoms with Crippen molar-refractivity contribution >= 4 is 21.6 Å². The van der Waals surface area contributed by atoms with E-state index < -0.39 is 27.1 Å². The third-order valence-electron chi connectivity index (χ3n) is 7.05. The van der Waals surface area contributed by atoms with Gasteiger partial charge < -0.3 is 9.15 Å². The average molecular weight is 588 g/mol. The highest BCUT2D eigenvalue weighted by Gasteiger charge is 2.45. The van der Waals surface area contributed by atoms with E-state index >= 15 is 4.39 Å². The highest BCUT2D eigenvalue weighted by atomic mass is 35.5. The van der Waals surface area contributed by atoms with Crippen molar-refractivity contribution in [3.8, 4) is 16.9 Å². The van der Waals surface area contributed by atoms with Crippen LogP contribution in [0.1, 0.15) is 42.1 Å². The van der Waals surface area contributed by atoms with Gasteiger partial charge in [-0.25, -0.2) is 26.9 Å². The molecule has 11 heteroatoms. The number of halogens is 3. The smallest absolute Gasteiger partial charge is 0.208 e. The van der Waals surface area contributed by atoms with Gasteiger partial charge in [0.25, 0.3) is 0 Å². The number of pyridine rings is 1. The summed E-state index contributed by atoms with van der Waals surface area (Å²) in [6, 6.07) is 14.9. The number of nitrogens with zero attached hydrogens (tertiary/aromatic N) is 2. The molecular weight excluding hydrogens is 560 g/mol. The Balaban J connectivity index is 1.48. The molecule has 0 saturated heterocycles. The zero-order valence-electron chi connectivity index (χ0n) is 21.7. The minimum absolute atomic E-state index is 0.0603. The Morgan fingerprint density at radius 3 is 2.62 bits per heavy atom. The van der Waals surface area contributed by atoms with Crippen LogP contribution in [0.2, 0.25) is 0 Å². The van der Waals surface area contributed by atoms with Crippen LogP contribution >= 0.6 is 11.6 Å². The number of nitrogens with one attached hydrogen (secondary N) is 1. The molecule has 40 heavy (non-hydrogen) atoms. The van der Waals surface area contributed by atoms with Crippen molar-refractivity contribution in [1.82, 2.24) is 14.7 Å². The van der Waals surface area contributed by atoms with Crippen molar-refractivity contribution in [3.63, 3.8) is 0 Å². The van der Waals surface area contributed by atoms with Gasteiger partial charge in [0.2, 0.25) is 15.9 Å². The van der Waals surface area contributed by atoms with E-state index in [1.54, 1.807) is 12.1 Å². The first-order valence-corrected chi connectivity index (χ1v) is 15.2. The largest absolute Gasteiger partial charge is 0.485 e. The van der Waals surface area contributed by atoms with E-state index in [1.165, 1.54) is 18.4 Å². The molecule has 210 valence electrons. The van der Waals surface area contributed by atoms with E-state index in [-0.39, 0.29) is 35.4 Å². The van der Waals surface area contributed by atoms with Gasteiger partial charge in [0.05, 0.1) is 29.4 Å². The summed E-state index contributed by atoms with van der Waals surface area (Å²) in [5, 5.41) is 0. The summed E-state index contributed by atoms with van der Waals surface area (Å²) in [6.07, 6.45) is 5.51. The Morgan fingerprint density at radius 2 is 1.90 bits per heavy atom. The summed E-state index contributed by atoms with van der Waals surface area (Å²) < 4.78 is 68.3. The predicted molar refractivity (Wildman–Crippen MR) is 147 cm³/mol. The first-order chi connectivity index (χ1) is 19.2. The summed E-state index contributed by atoms with van der Waals surface area (Å²) in [4.78, 5) is 8.87. The first-order valence-electron chi connectivity index (χ1n) is 12.7. The molecule has 1 N–H and O–H groups in total. The first kappa shape index (κ1) is 28.2. The number of sulfonamides is 1. The number of para-hydroxylation sites is 1. The van der Waals surface area contributed by atoms with Crippen LogP contribution in [0.15, 0.2) is 71.5 Å². The summed E-state index contributed by atoms with van der Waals surface area (Å²) >= 11 is 5.96. The number of ether oxygens (including phenoxy) is 1. The number of hydrogen-bond acceptors (Lipinski definition) is 6. The lowest BCUT2D eigenvalue weighted by Crippen LogP contribution is -2.35. The molecule has 1 fully saturated rings. The van der Waals surface area contributed by atoms with Crippen LogP contribution in [-0.2, 0) is 34.3 Å². The second kappa shape index (κ2) is 11.6. The summed E-state index contributed by atoms with van der Waals surface area (Å²) in [5.74, 6) is -0.714. The van der Waals surface area contributed by atoms with Gasteiger partial charge in [-0.2, -0.15) is 0 Å². The fourth-order valence-corrected chi connectivity index (χ4v) is 6.23. The van der Waals surface area contributed by atoms with E-state index in [0.717, 1.165) is 18.0 Å². The summed E-state index contributed by atoms with van der Waals surface area (Å²) in [6.45, 7) is 0.110. The Bertz CT molecular complexity index is 1600. The molecular formula is C29H28ClF2N3O4S. The van der Waals surface area contributed by atoms with Crippen molar-refractivity contribution in [2.75, 3.05) is 6.26 Å². The number of aromatic nitrogens is 2. The standard InChI is InChI=1S/C29H28ClF2N3O4S/c1-40(36,37)35-20-10-11-29(13-20,28-34-22(15-30)18-39-28)14-21-12-24(26(32)16-33-21)23-8-5-9-25(31)27(23)38-17-19-6-3-2-4-7-19/h2-9,12,16,18,20,35H,10-11,13-15,17H2,1H3/t20-,29-/m0/s1. The van der Waals surface area contributed by atoms with Crippen LogP contribution in [0.5, 0.6) is 5.75 Å². The monoisotopic (exact) mass is 587 g/mol. The molecule has 7 nitrogen and oxygen atoms in total. The molecule has 1 saturated carbocycles. The quantitative estimate of drug-likeness (QED) is 0.232. The fourth-order valence-electron chi connectivity index (χ4n) is 5.30. The fraction of sp³-hybridized carbons (Fsp3) is 0.310. The third-order valence-corrected chi connectivity index (χ3v) is 8.08. The van der Waals surface area contributed by atoms with Crippen LogP contribution in [-0.4, -0.2) is 30.7 Å². The maximum Gasteiger partial charge on any atom is 0.208 e. The van der Waals surface area contributed by atoms with Gasteiger partial charge in [-0.3, -0.25) is 4.98 Å². The molecule has 0 radical (unpaired) electrons. The lowest BCUT2D eigenvalue weighted by Gasteiger charge is -2.26. The zero-order valence-corrected chi connectivity index (χ0v) is 23.3. The number of rotatable bonds is 10. The van der Waals surface area contributed by atoms with Crippen molar-refractivity contribution in [2.24, 2.45) is 0 Å². The minimum Gasteiger partial charge on any atom is -0.485 e. The van der Waals surface area contributed by atoms with Crippen molar-refractivity contribution in [1.29, 1.82) is 0 Å². The van der Waals surface area contributed by atoms with E-state index in [1.807, 2.05) is 30.3 Å². The molecule has 2 aromatic carbocycles. The average Bonchev–Trinajstić information content (AvgIpc) is 3.57. The molecule has 4 aromatic rings. The van der Waals surface area contributed by atoms with Crippen LogP contribution in [0, 0.1) is 11.6 Å². The van der Waals surface area contributed by atoms with E-state index in [2.05, 4.69) is 14.7 Å². The van der Waals surface area contributed by atoms with Gasteiger partial charge in [-0.05, 0) is 37.0 Å². The Hall–Kier alpha value is -3.34. The topological polar surface area (TPSA) is 94.3 Å². The van der Waals surface area contributed by atoms with Crippen LogP contribution < -0.4 is 9.46 Å². The van der Waals surface area contributed by atoms with E-state index in [4.69, 9.17) is 20.8 Å². The molecule has 5 rings (SSSR count). The van der Waals surface area contributed by atoms with Crippen LogP contribution in [0.3, 0.4) is 0 Å². The second-order valence-corrected chi connectivity index (χ2v) is 12.2. The SMILES string of the molecule is CS(=O)(=O)N[C@H]1CC[C@](Cc2cc(-c3cccc(F)c3OCc3ccccc3)c(F)cn2)(c2nc(CCl)co2)C1. The number of benzene rings is 2. The molecule has 1 aliphatic carbocycles. The van der Waals surface area contributed by atoms with Gasteiger partial charge in [-0.15, -0.1) is 11.6 Å². The van der Waals surface area contributed by atoms with Gasteiger partial charge in [0.15, 0.2) is 11.6 Å². The highest BCUT2D eigenvalue weighted by molar-refractivity contribution is 7.88. The number of oxazole rings is 1. The van der Waals surface area contributed by atoms with Gasteiger partial charge in [-0.1, -0.05) is 42.5 Å².